The first-order chi connectivity index (χ1) is 34.5. The maximum Gasteiger partial charge on any atom is 0.222 e. The van der Waals surface area contributed by atoms with Crippen LogP contribution in [-0.2, 0) is 47.7 Å². The van der Waals surface area contributed by atoms with Crippen molar-refractivity contribution >= 4 is 35.2 Å². The summed E-state index contributed by atoms with van der Waals surface area (Å²) >= 11 is 0. The number of nitrogens with zero attached hydrogens (tertiary/aromatic N) is 1. The van der Waals surface area contributed by atoms with Crippen molar-refractivity contribution in [2.75, 3.05) is 46.1 Å². The molecule has 0 bridgehead atoms. The van der Waals surface area contributed by atoms with E-state index >= 15 is 0 Å². The molecule has 3 aliphatic rings. The SMILES string of the molecule is CC(=O)NC1C(OCCCCC(=O)NCCCC[C@@H](NC(=O)CCCCOC2OC(CO)C(O)C(O)C2C)C(=O)CCCCCCC(=O)CCCCCCC(=O)N2C[C@H](O)C[C@H]2CO)OC(CO)C(O)C1O. The highest BCUT2D eigenvalue weighted by Crippen LogP contribution is 2.27. The lowest BCUT2D eigenvalue weighted by molar-refractivity contribution is -0.282. The predicted molar refractivity (Wildman–Crippen MR) is 259 cm³/mol. The fourth-order valence-corrected chi connectivity index (χ4v) is 9.31. The highest BCUT2D eigenvalue weighted by Gasteiger charge is 2.45. The van der Waals surface area contributed by atoms with Crippen molar-refractivity contribution in [1.29, 1.82) is 0 Å². The summed E-state index contributed by atoms with van der Waals surface area (Å²) in [4.78, 5) is 77.3. The Hall–Kier alpha value is -3.26. The first-order valence-electron chi connectivity index (χ1n) is 26.4. The van der Waals surface area contributed by atoms with Gasteiger partial charge in [0.25, 0.3) is 0 Å². The zero-order valence-electron chi connectivity index (χ0n) is 42.6. The second-order valence-electron chi connectivity index (χ2n) is 19.7. The van der Waals surface area contributed by atoms with E-state index in [0.29, 0.717) is 96.4 Å². The molecule has 22 heteroatoms. The molecular formula is C50H88N4O18. The molecular weight excluding hydrogens is 945 g/mol. The molecule has 72 heavy (non-hydrogen) atoms. The Kier molecular flexibility index (Phi) is 30.7. The minimum absolute atomic E-state index is 0.0595. The first-order valence-corrected chi connectivity index (χ1v) is 26.4. The van der Waals surface area contributed by atoms with Gasteiger partial charge in [0.1, 0.15) is 42.3 Å². The monoisotopic (exact) mass is 1030 g/mol. The van der Waals surface area contributed by atoms with Gasteiger partial charge in [-0.2, -0.15) is 0 Å². The van der Waals surface area contributed by atoms with Crippen LogP contribution < -0.4 is 16.0 Å². The van der Waals surface area contributed by atoms with Crippen LogP contribution in [0.15, 0.2) is 0 Å². The van der Waals surface area contributed by atoms with Gasteiger partial charge in [-0.25, -0.2) is 0 Å². The van der Waals surface area contributed by atoms with E-state index < -0.39 is 92.4 Å². The maximum absolute atomic E-state index is 13.5. The standard InChI is InChI=1S/C50H88N4O18/c1-32-45(65)46(66)39(30-56)71-49(32)69-25-16-13-22-42(63)53-37(19-11-14-24-51-41(62)21-12-15-26-70-50-44(52-33(2)58)48(68)47(67)40(31-57)72-50)38(61)20-9-5-3-7-17-35(59)18-8-4-6-10-23-43(64)54-28-36(60)27-34(54)29-55/h32,34,36-37,39-40,44-50,55-57,60,65-68H,3-31H2,1-2H3,(H,51,62)(H,52,58)(H,53,63)/t32?,34-,36+,37+,39?,40?,44?,45?,46?,47?,48?,49?,50?/m0/s1. The van der Waals surface area contributed by atoms with Gasteiger partial charge >= 0.3 is 0 Å². The quantitative estimate of drug-likeness (QED) is 0.0363. The van der Waals surface area contributed by atoms with Crippen LogP contribution in [0.3, 0.4) is 0 Å². The third-order valence-electron chi connectivity index (χ3n) is 13.7. The summed E-state index contributed by atoms with van der Waals surface area (Å²) in [5, 5.41) is 87.5. The van der Waals surface area contributed by atoms with Crippen molar-refractivity contribution in [3.8, 4) is 0 Å². The van der Waals surface area contributed by atoms with Gasteiger partial charge in [-0.3, -0.25) is 28.8 Å². The van der Waals surface area contributed by atoms with Gasteiger partial charge in [0, 0.05) is 77.7 Å². The molecule has 0 spiro atoms. The van der Waals surface area contributed by atoms with E-state index in [1.54, 1.807) is 11.8 Å². The average molecular weight is 1030 g/mol. The Bertz CT molecular complexity index is 1610. The van der Waals surface area contributed by atoms with Crippen molar-refractivity contribution in [1.82, 2.24) is 20.9 Å². The summed E-state index contributed by atoms with van der Waals surface area (Å²) < 4.78 is 22.6. The molecule has 416 valence electrons. The Morgan fingerprint density at radius 1 is 0.611 bits per heavy atom. The van der Waals surface area contributed by atoms with Gasteiger partial charge < -0.3 is 80.6 Å². The lowest BCUT2D eigenvalue weighted by atomic mass is 9.92. The fraction of sp³-hybridized carbons (Fsp3) is 0.880. The molecule has 22 nitrogen and oxygen atoms in total. The van der Waals surface area contributed by atoms with Crippen LogP contribution in [0.2, 0.25) is 0 Å². The minimum atomic E-state index is -1.42. The summed E-state index contributed by atoms with van der Waals surface area (Å²) in [6.45, 7) is 2.66. The van der Waals surface area contributed by atoms with Crippen LogP contribution in [0.4, 0.5) is 0 Å². The van der Waals surface area contributed by atoms with Crippen molar-refractivity contribution in [2.24, 2.45) is 5.92 Å². The second-order valence-corrected chi connectivity index (χ2v) is 19.7. The number of hydrogen-bond donors (Lipinski definition) is 11. The lowest BCUT2D eigenvalue weighted by Crippen LogP contribution is -2.64. The zero-order valence-corrected chi connectivity index (χ0v) is 42.6. The largest absolute Gasteiger partial charge is 0.394 e. The lowest BCUT2D eigenvalue weighted by Gasteiger charge is -2.42. The first kappa shape index (κ1) is 63.0. The van der Waals surface area contributed by atoms with E-state index in [1.165, 1.54) is 6.92 Å². The number of aliphatic hydroxyl groups is 8. The van der Waals surface area contributed by atoms with Crippen molar-refractivity contribution < 1.29 is 88.6 Å². The van der Waals surface area contributed by atoms with Crippen molar-refractivity contribution in [3.63, 3.8) is 0 Å². The Morgan fingerprint density at radius 2 is 1.15 bits per heavy atom. The van der Waals surface area contributed by atoms with Gasteiger partial charge in [-0.1, -0.05) is 32.6 Å². The summed E-state index contributed by atoms with van der Waals surface area (Å²) in [7, 11) is 0. The molecule has 10 unspecified atom stereocenters. The number of aliphatic hydroxyl groups excluding tert-OH is 8. The molecule has 0 aromatic heterocycles. The van der Waals surface area contributed by atoms with E-state index in [4.69, 9.17) is 18.9 Å². The van der Waals surface area contributed by atoms with Gasteiger partial charge in [0.05, 0.1) is 44.1 Å². The van der Waals surface area contributed by atoms with E-state index in [2.05, 4.69) is 16.0 Å². The number of Topliss-reactive ketones (excluding diaryl/α,β-unsaturated/α-hetero) is 2. The van der Waals surface area contributed by atoms with Crippen LogP contribution in [-0.4, -0.2) is 201 Å². The maximum atomic E-state index is 13.5. The fourth-order valence-electron chi connectivity index (χ4n) is 9.31. The molecule has 0 radical (unpaired) electrons. The van der Waals surface area contributed by atoms with Crippen LogP contribution in [0, 0.1) is 5.92 Å². The number of unbranched alkanes of at least 4 members (excludes halogenated alkanes) is 9. The number of likely N-dealkylation sites (tertiary alicyclic amines) is 1. The number of hydrogen-bond acceptors (Lipinski definition) is 18. The van der Waals surface area contributed by atoms with Crippen LogP contribution in [0.5, 0.6) is 0 Å². The molecule has 0 saturated carbocycles. The van der Waals surface area contributed by atoms with E-state index in [9.17, 15) is 69.6 Å². The molecule has 13 atom stereocenters. The molecule has 3 rings (SSSR count). The van der Waals surface area contributed by atoms with E-state index in [0.717, 1.165) is 32.1 Å². The van der Waals surface area contributed by atoms with Crippen LogP contribution in [0.25, 0.3) is 0 Å². The van der Waals surface area contributed by atoms with Gasteiger partial charge in [-0.05, 0) is 77.0 Å². The number of carbonyl (C=O) groups excluding carboxylic acids is 6. The molecule has 3 fully saturated rings. The minimum Gasteiger partial charge on any atom is -0.394 e. The van der Waals surface area contributed by atoms with Gasteiger partial charge in [0.2, 0.25) is 23.6 Å². The highest BCUT2D eigenvalue weighted by molar-refractivity contribution is 5.89. The Labute approximate surface area is 424 Å². The molecule has 11 N–H and O–H groups in total. The molecule has 0 aromatic rings. The number of amides is 4. The third kappa shape index (κ3) is 22.7. The predicted octanol–water partition coefficient (Wildman–Crippen LogP) is -0.0762. The number of ether oxygens (including phenoxy) is 4. The van der Waals surface area contributed by atoms with Gasteiger partial charge in [0.15, 0.2) is 18.4 Å². The summed E-state index contributed by atoms with van der Waals surface area (Å²) in [6.07, 6.45) is 1.72. The van der Waals surface area contributed by atoms with Crippen molar-refractivity contribution in [3.05, 3.63) is 0 Å². The number of nitrogens with one attached hydrogen (secondary N) is 3. The molecule has 3 saturated heterocycles. The van der Waals surface area contributed by atoms with Gasteiger partial charge in [-0.15, -0.1) is 0 Å². The number of rotatable bonds is 37. The molecule has 0 aliphatic carbocycles. The normalized spacial score (nSPS) is 27.8. The Morgan fingerprint density at radius 3 is 1.75 bits per heavy atom. The van der Waals surface area contributed by atoms with Crippen molar-refractivity contribution in [2.45, 2.75) is 229 Å². The number of β-amino-alcohol motifs (C(OH)–C–C–N with tert-alkyl or cyclic N) is 1. The number of carbonyl (C=O) groups is 6. The topological polar surface area (TPSA) is 341 Å². The Balaban J connectivity index is 1.34. The smallest absolute Gasteiger partial charge is 0.222 e. The molecule has 3 aliphatic heterocycles. The summed E-state index contributed by atoms with van der Waals surface area (Å²) in [6, 6.07) is -2.09. The highest BCUT2D eigenvalue weighted by atomic mass is 16.7. The summed E-state index contributed by atoms with van der Waals surface area (Å²) in [5.74, 6) is -1.44. The molecule has 0 aromatic carbocycles. The molecule has 4 amide bonds. The average Bonchev–Trinajstić information content (AvgIpc) is 3.75. The van der Waals surface area contributed by atoms with E-state index in [-0.39, 0.29) is 81.0 Å². The van der Waals surface area contributed by atoms with Crippen LogP contribution >= 0.6 is 0 Å². The zero-order chi connectivity index (χ0) is 53.0. The second kappa shape index (κ2) is 35.1. The summed E-state index contributed by atoms with van der Waals surface area (Å²) in [5.41, 5.74) is 0. The van der Waals surface area contributed by atoms with E-state index in [1.807, 2.05) is 0 Å². The third-order valence-corrected chi connectivity index (χ3v) is 13.7. The molecule has 3 heterocycles. The number of ketones is 2. The van der Waals surface area contributed by atoms with Crippen LogP contribution in [0.1, 0.15) is 155 Å².